The van der Waals surface area contributed by atoms with Gasteiger partial charge in [-0.15, -0.1) is 11.3 Å². The van der Waals surface area contributed by atoms with Crippen LogP contribution < -0.4 is 5.32 Å². The van der Waals surface area contributed by atoms with Crippen molar-refractivity contribution in [2.45, 2.75) is 25.7 Å². The van der Waals surface area contributed by atoms with E-state index in [-0.39, 0.29) is 6.03 Å². The van der Waals surface area contributed by atoms with Crippen molar-refractivity contribution < 1.29 is 4.79 Å². The lowest BCUT2D eigenvalue weighted by Gasteiger charge is -2.28. The molecule has 4 heteroatoms. The Labute approximate surface area is 105 Å². The molecular formula is C13H16N2OS. The third-order valence-electron chi connectivity index (χ3n) is 3.41. The van der Waals surface area contributed by atoms with E-state index < -0.39 is 0 Å². The molecule has 1 aliphatic heterocycles. The first-order chi connectivity index (χ1) is 8.33. The molecule has 1 N–H and O–H groups in total. The van der Waals surface area contributed by atoms with Crippen molar-refractivity contribution in [1.82, 2.24) is 4.90 Å². The van der Waals surface area contributed by atoms with Crippen LogP contribution in [0.5, 0.6) is 0 Å². The number of allylic oxidation sites excluding steroid dienone is 1. The van der Waals surface area contributed by atoms with Crippen LogP contribution in [0.25, 0.3) is 0 Å². The molecule has 0 bridgehead atoms. The maximum absolute atomic E-state index is 12.0. The molecule has 3 rings (SSSR count). The van der Waals surface area contributed by atoms with Gasteiger partial charge < -0.3 is 4.90 Å². The molecule has 2 heterocycles. The normalized spacial score (nSPS) is 19.4. The molecule has 1 aromatic heterocycles. The van der Waals surface area contributed by atoms with Gasteiger partial charge in [0.1, 0.15) is 0 Å². The van der Waals surface area contributed by atoms with Gasteiger partial charge in [0.25, 0.3) is 0 Å². The Morgan fingerprint density at radius 1 is 1.18 bits per heavy atom. The fraction of sp³-hybridized carbons (Fsp3) is 0.462. The number of carbonyl (C=O) groups is 1. The maximum atomic E-state index is 12.0. The Kier molecular flexibility index (Phi) is 2.89. The predicted molar refractivity (Wildman–Crippen MR) is 70.4 cm³/mol. The number of likely N-dealkylation sites (tertiary alicyclic amines) is 1. The van der Waals surface area contributed by atoms with Crippen LogP contribution in [-0.2, 0) is 0 Å². The molecule has 0 aromatic carbocycles. The number of nitrogens with zero attached hydrogens (tertiary/aromatic N) is 1. The fourth-order valence-corrected chi connectivity index (χ4v) is 2.89. The second-order valence-corrected chi connectivity index (χ2v) is 5.55. The van der Waals surface area contributed by atoms with Gasteiger partial charge in [0, 0.05) is 13.1 Å². The van der Waals surface area contributed by atoms with E-state index in [0.717, 1.165) is 30.9 Å². The minimum Gasteiger partial charge on any atom is -0.324 e. The first-order valence-corrected chi connectivity index (χ1v) is 7.00. The fourth-order valence-electron chi connectivity index (χ4n) is 2.28. The summed E-state index contributed by atoms with van der Waals surface area (Å²) >= 11 is 1.56. The van der Waals surface area contributed by atoms with Crippen LogP contribution in [0.3, 0.4) is 0 Å². The van der Waals surface area contributed by atoms with E-state index in [9.17, 15) is 4.79 Å². The maximum Gasteiger partial charge on any atom is 0.322 e. The summed E-state index contributed by atoms with van der Waals surface area (Å²) in [4.78, 5) is 13.9. The predicted octanol–water partition coefficient (Wildman–Crippen LogP) is 3.47. The molecule has 1 aliphatic carbocycles. The van der Waals surface area contributed by atoms with Crippen LogP contribution >= 0.6 is 11.3 Å². The van der Waals surface area contributed by atoms with E-state index in [4.69, 9.17) is 0 Å². The van der Waals surface area contributed by atoms with Crippen molar-refractivity contribution in [3.63, 3.8) is 0 Å². The zero-order valence-electron chi connectivity index (χ0n) is 9.74. The molecule has 0 spiro atoms. The minimum absolute atomic E-state index is 0.0484. The quantitative estimate of drug-likeness (QED) is 0.758. The first-order valence-electron chi connectivity index (χ1n) is 6.12. The average molecular weight is 248 g/mol. The van der Waals surface area contributed by atoms with Crippen LogP contribution in [0.2, 0.25) is 0 Å². The van der Waals surface area contributed by atoms with E-state index >= 15 is 0 Å². The number of anilines is 1. The van der Waals surface area contributed by atoms with Crippen molar-refractivity contribution in [2.75, 3.05) is 18.4 Å². The van der Waals surface area contributed by atoms with Crippen LogP contribution in [0.4, 0.5) is 9.80 Å². The molecule has 0 atom stereocenters. The molecule has 0 radical (unpaired) electrons. The van der Waals surface area contributed by atoms with Crippen LogP contribution in [-0.4, -0.2) is 24.0 Å². The van der Waals surface area contributed by atoms with Crippen LogP contribution in [0.1, 0.15) is 25.7 Å². The molecule has 1 aromatic rings. The summed E-state index contributed by atoms with van der Waals surface area (Å²) < 4.78 is 0. The standard InChI is InChI=1S/C13H16N2OS/c16-13(14-12-2-1-9-17-12)15-7-5-11(6-8-15)10-3-4-10/h1-2,9H,3-8H2,(H,14,16). The van der Waals surface area contributed by atoms with Crippen LogP contribution in [0.15, 0.2) is 28.7 Å². The van der Waals surface area contributed by atoms with E-state index in [0.29, 0.717) is 0 Å². The highest BCUT2D eigenvalue weighted by atomic mass is 32.1. The molecule has 2 fully saturated rings. The van der Waals surface area contributed by atoms with E-state index in [2.05, 4.69) is 5.32 Å². The van der Waals surface area contributed by atoms with Gasteiger partial charge >= 0.3 is 6.03 Å². The highest BCUT2D eigenvalue weighted by Crippen LogP contribution is 2.36. The molecule has 1 saturated heterocycles. The van der Waals surface area contributed by atoms with Crippen molar-refractivity contribution >= 4 is 22.4 Å². The lowest BCUT2D eigenvalue weighted by Crippen LogP contribution is -2.39. The third-order valence-corrected chi connectivity index (χ3v) is 4.19. The van der Waals surface area contributed by atoms with Crippen LogP contribution in [0, 0.1) is 0 Å². The Morgan fingerprint density at radius 3 is 2.47 bits per heavy atom. The van der Waals surface area contributed by atoms with Gasteiger partial charge in [-0.05, 0) is 43.2 Å². The Balaban J connectivity index is 1.55. The largest absolute Gasteiger partial charge is 0.324 e. The van der Waals surface area contributed by atoms with E-state index in [1.54, 1.807) is 22.5 Å². The summed E-state index contributed by atoms with van der Waals surface area (Å²) in [6.45, 7) is 1.74. The molecule has 2 amide bonds. The van der Waals surface area contributed by atoms with Crippen molar-refractivity contribution in [3.8, 4) is 0 Å². The third kappa shape index (κ3) is 2.52. The molecule has 17 heavy (non-hydrogen) atoms. The van der Waals surface area contributed by atoms with Gasteiger partial charge in [0.05, 0.1) is 5.00 Å². The van der Waals surface area contributed by atoms with Gasteiger partial charge in [0.2, 0.25) is 0 Å². The number of hydrogen-bond acceptors (Lipinski definition) is 2. The van der Waals surface area contributed by atoms with Gasteiger partial charge in [-0.1, -0.05) is 11.1 Å². The summed E-state index contributed by atoms with van der Waals surface area (Å²) in [5.74, 6) is 0. The van der Waals surface area contributed by atoms with Gasteiger partial charge in [-0.3, -0.25) is 5.32 Å². The number of hydrogen-bond donors (Lipinski definition) is 1. The zero-order valence-corrected chi connectivity index (χ0v) is 10.6. The lowest BCUT2D eigenvalue weighted by molar-refractivity contribution is 0.207. The van der Waals surface area contributed by atoms with E-state index in [1.807, 2.05) is 22.4 Å². The summed E-state index contributed by atoms with van der Waals surface area (Å²) in [5.41, 5.74) is 3.27. The van der Waals surface area contributed by atoms with Gasteiger partial charge in [-0.25, -0.2) is 4.79 Å². The monoisotopic (exact) mass is 248 g/mol. The molecule has 0 unspecified atom stereocenters. The summed E-state index contributed by atoms with van der Waals surface area (Å²) in [7, 11) is 0. The number of nitrogens with one attached hydrogen (secondary N) is 1. The lowest BCUT2D eigenvalue weighted by atomic mass is 10.0. The Morgan fingerprint density at radius 2 is 1.88 bits per heavy atom. The highest BCUT2D eigenvalue weighted by Gasteiger charge is 2.24. The molecule has 90 valence electrons. The smallest absolute Gasteiger partial charge is 0.322 e. The number of piperidine rings is 1. The zero-order chi connectivity index (χ0) is 11.7. The van der Waals surface area contributed by atoms with E-state index in [1.165, 1.54) is 12.8 Å². The van der Waals surface area contributed by atoms with Gasteiger partial charge in [-0.2, -0.15) is 0 Å². The number of carbonyl (C=O) groups excluding carboxylic acids is 1. The van der Waals surface area contributed by atoms with Gasteiger partial charge in [0.15, 0.2) is 0 Å². The molecule has 1 saturated carbocycles. The molecule has 3 nitrogen and oxygen atoms in total. The second kappa shape index (κ2) is 4.53. The number of thiophene rings is 1. The molecular weight excluding hydrogens is 232 g/mol. The molecule has 2 aliphatic rings. The summed E-state index contributed by atoms with van der Waals surface area (Å²) in [5, 5.41) is 5.85. The Hall–Kier alpha value is -1.29. The van der Waals surface area contributed by atoms with Crippen molar-refractivity contribution in [2.24, 2.45) is 0 Å². The second-order valence-electron chi connectivity index (χ2n) is 4.60. The highest BCUT2D eigenvalue weighted by molar-refractivity contribution is 7.14. The minimum atomic E-state index is 0.0484. The number of urea groups is 1. The SMILES string of the molecule is O=C(Nc1cccs1)N1CCC(=C2CC2)CC1. The average Bonchev–Trinajstić information content (AvgIpc) is 3.09. The number of amides is 2. The Bertz CT molecular complexity index is 434. The number of rotatable bonds is 1. The van der Waals surface area contributed by atoms with Crippen molar-refractivity contribution in [3.05, 3.63) is 28.7 Å². The summed E-state index contributed by atoms with van der Waals surface area (Å²) in [6, 6.07) is 3.93. The topological polar surface area (TPSA) is 32.3 Å². The summed E-state index contributed by atoms with van der Waals surface area (Å²) in [6.07, 6.45) is 4.76. The van der Waals surface area contributed by atoms with Crippen molar-refractivity contribution in [1.29, 1.82) is 0 Å². The first kappa shape index (κ1) is 10.8.